The summed E-state index contributed by atoms with van der Waals surface area (Å²) in [6.07, 6.45) is -1.78. The fourth-order valence-corrected chi connectivity index (χ4v) is 4.03. The van der Waals surface area contributed by atoms with Crippen LogP contribution in [-0.2, 0) is 23.8 Å². The number of amides is 2. The number of rotatable bonds is 11. The van der Waals surface area contributed by atoms with Gasteiger partial charge in [-0.2, -0.15) is 0 Å². The highest BCUT2D eigenvalue weighted by molar-refractivity contribution is 5.77. The molecular formula is C20H36N2O9. The van der Waals surface area contributed by atoms with E-state index in [0.29, 0.717) is 38.6 Å². The number of aliphatic hydroxyl groups excluding tert-OH is 4. The van der Waals surface area contributed by atoms with Crippen LogP contribution in [0.5, 0.6) is 0 Å². The normalized spacial score (nSPS) is 33.5. The molecule has 2 saturated heterocycles. The quantitative estimate of drug-likeness (QED) is 0.228. The van der Waals surface area contributed by atoms with Crippen molar-refractivity contribution in [3.05, 3.63) is 0 Å². The van der Waals surface area contributed by atoms with E-state index in [-0.39, 0.29) is 31.3 Å². The average molecular weight is 449 g/mol. The Morgan fingerprint density at radius 3 is 2.48 bits per heavy atom. The molecule has 31 heavy (non-hydrogen) atoms. The van der Waals surface area contributed by atoms with E-state index in [1.807, 2.05) is 0 Å². The van der Waals surface area contributed by atoms with Gasteiger partial charge in [-0.1, -0.05) is 6.42 Å². The van der Waals surface area contributed by atoms with Crippen molar-refractivity contribution >= 4 is 11.8 Å². The van der Waals surface area contributed by atoms with Crippen LogP contribution in [0.2, 0.25) is 0 Å². The van der Waals surface area contributed by atoms with Gasteiger partial charge in [0.05, 0.1) is 25.4 Å². The molecule has 2 aliphatic heterocycles. The lowest BCUT2D eigenvalue weighted by Gasteiger charge is -2.42. The van der Waals surface area contributed by atoms with E-state index in [2.05, 4.69) is 5.32 Å². The van der Waals surface area contributed by atoms with Crippen LogP contribution in [0.15, 0.2) is 0 Å². The average Bonchev–Trinajstić information content (AvgIpc) is 3.18. The second-order valence-corrected chi connectivity index (χ2v) is 8.09. The molecule has 2 heterocycles. The van der Waals surface area contributed by atoms with Gasteiger partial charge in [0, 0.05) is 33.6 Å². The number of nitrogens with zero attached hydrogens (tertiary/aromatic N) is 1. The molecule has 180 valence electrons. The first-order chi connectivity index (χ1) is 14.8. The second-order valence-electron chi connectivity index (χ2n) is 8.09. The predicted octanol–water partition coefficient (Wildman–Crippen LogP) is -1.88. The lowest BCUT2D eigenvalue weighted by Crippen LogP contribution is -2.64. The third kappa shape index (κ3) is 7.07. The fraction of sp³-hybridized carbons (Fsp3) is 0.900. The fourth-order valence-electron chi connectivity index (χ4n) is 4.03. The molecule has 5 N–H and O–H groups in total. The van der Waals surface area contributed by atoms with Gasteiger partial charge in [-0.05, 0) is 19.3 Å². The van der Waals surface area contributed by atoms with E-state index >= 15 is 0 Å². The summed E-state index contributed by atoms with van der Waals surface area (Å²) in [5, 5.41) is 41.5. The minimum Gasteiger partial charge on any atom is -0.394 e. The third-order valence-corrected chi connectivity index (χ3v) is 5.81. The standard InChI is InChI=1S/C20H36N2O9/c1-12(25)21-17-19(28)18(27)15(11-24)31-20(17)30-7-5-3-4-6-16(26)22-9-14(29-2)8-13(22)10-23/h13-15,17-20,23-24,27-28H,3-11H2,1-2H3,(H,21,25)/t13-,14+,15?,17?,18-,19?,20+/m0/s1. The number of nitrogens with one attached hydrogen (secondary N) is 1. The molecule has 0 bridgehead atoms. The molecule has 3 unspecified atom stereocenters. The number of unbranched alkanes of at least 4 members (excludes halogenated alkanes) is 2. The van der Waals surface area contributed by atoms with Crippen molar-refractivity contribution in [1.29, 1.82) is 0 Å². The van der Waals surface area contributed by atoms with E-state index in [4.69, 9.17) is 14.2 Å². The first kappa shape index (κ1) is 25.9. The molecule has 7 atom stereocenters. The third-order valence-electron chi connectivity index (χ3n) is 5.81. The minimum atomic E-state index is -1.35. The number of carbonyl (C=O) groups is 2. The maximum Gasteiger partial charge on any atom is 0.222 e. The van der Waals surface area contributed by atoms with Gasteiger partial charge >= 0.3 is 0 Å². The lowest BCUT2D eigenvalue weighted by atomic mass is 9.97. The maximum atomic E-state index is 12.4. The highest BCUT2D eigenvalue weighted by Gasteiger charge is 2.45. The molecule has 2 amide bonds. The van der Waals surface area contributed by atoms with Crippen molar-refractivity contribution in [2.24, 2.45) is 0 Å². The van der Waals surface area contributed by atoms with Gasteiger partial charge in [0.2, 0.25) is 11.8 Å². The van der Waals surface area contributed by atoms with E-state index in [1.165, 1.54) is 6.92 Å². The topological polar surface area (TPSA) is 158 Å². The van der Waals surface area contributed by atoms with Crippen LogP contribution in [0, 0.1) is 0 Å². The van der Waals surface area contributed by atoms with Gasteiger partial charge in [0.25, 0.3) is 0 Å². The van der Waals surface area contributed by atoms with Crippen LogP contribution in [0.3, 0.4) is 0 Å². The minimum absolute atomic E-state index is 0.0104. The molecule has 11 nitrogen and oxygen atoms in total. The van der Waals surface area contributed by atoms with Crippen LogP contribution in [0.25, 0.3) is 0 Å². The summed E-state index contributed by atoms with van der Waals surface area (Å²) in [5.74, 6) is -0.419. The summed E-state index contributed by atoms with van der Waals surface area (Å²) in [6.45, 7) is 1.45. The Bertz CT molecular complexity index is 579. The summed E-state index contributed by atoms with van der Waals surface area (Å²) in [5.41, 5.74) is 0. The molecule has 2 aliphatic rings. The molecule has 2 fully saturated rings. The van der Waals surface area contributed by atoms with Crippen LogP contribution < -0.4 is 5.32 Å². The molecule has 2 rings (SSSR count). The van der Waals surface area contributed by atoms with Crippen molar-refractivity contribution < 1.29 is 44.2 Å². The zero-order valence-corrected chi connectivity index (χ0v) is 18.2. The Balaban J connectivity index is 1.73. The first-order valence-corrected chi connectivity index (χ1v) is 10.8. The second kappa shape index (κ2) is 12.6. The largest absolute Gasteiger partial charge is 0.394 e. The van der Waals surface area contributed by atoms with E-state index in [9.17, 15) is 30.0 Å². The summed E-state index contributed by atoms with van der Waals surface area (Å²) >= 11 is 0. The highest BCUT2D eigenvalue weighted by Crippen LogP contribution is 2.23. The van der Waals surface area contributed by atoms with E-state index < -0.39 is 43.2 Å². The van der Waals surface area contributed by atoms with Crippen LogP contribution >= 0.6 is 0 Å². The highest BCUT2D eigenvalue weighted by atomic mass is 16.7. The molecule has 0 aromatic heterocycles. The Morgan fingerprint density at radius 1 is 1.13 bits per heavy atom. The molecule has 0 radical (unpaired) electrons. The molecule has 0 aromatic rings. The van der Waals surface area contributed by atoms with Crippen molar-refractivity contribution in [2.75, 3.05) is 33.5 Å². The zero-order valence-electron chi connectivity index (χ0n) is 18.2. The molecule has 0 saturated carbocycles. The first-order valence-electron chi connectivity index (χ1n) is 10.8. The Morgan fingerprint density at radius 2 is 1.87 bits per heavy atom. The summed E-state index contributed by atoms with van der Waals surface area (Å²) < 4.78 is 16.4. The number of hydrogen-bond donors (Lipinski definition) is 5. The molecule has 0 aromatic carbocycles. The van der Waals surface area contributed by atoms with Crippen molar-refractivity contribution in [3.63, 3.8) is 0 Å². The van der Waals surface area contributed by atoms with Crippen LogP contribution in [-0.4, -0.2) is 113 Å². The number of ether oxygens (including phenoxy) is 3. The summed E-state index contributed by atoms with van der Waals surface area (Å²) in [6, 6.07) is -1.16. The van der Waals surface area contributed by atoms with Crippen LogP contribution in [0.1, 0.15) is 39.0 Å². The summed E-state index contributed by atoms with van der Waals surface area (Å²) in [4.78, 5) is 25.5. The van der Waals surface area contributed by atoms with Crippen molar-refractivity contribution in [2.45, 2.75) is 81.8 Å². The van der Waals surface area contributed by atoms with Gasteiger partial charge < -0.3 is 44.9 Å². The molecule has 11 heteroatoms. The number of aliphatic hydroxyl groups is 4. The predicted molar refractivity (Wildman–Crippen MR) is 108 cm³/mol. The number of methoxy groups -OCH3 is 1. The smallest absolute Gasteiger partial charge is 0.222 e. The molecule has 0 aliphatic carbocycles. The van der Waals surface area contributed by atoms with Gasteiger partial charge in [0.15, 0.2) is 6.29 Å². The number of carbonyl (C=O) groups excluding carboxylic acids is 2. The Kier molecular flexibility index (Phi) is 10.6. The van der Waals surface area contributed by atoms with Gasteiger partial charge in [-0.15, -0.1) is 0 Å². The van der Waals surface area contributed by atoms with E-state index in [1.54, 1.807) is 12.0 Å². The Labute approximate surface area is 182 Å². The van der Waals surface area contributed by atoms with Crippen LogP contribution in [0.4, 0.5) is 0 Å². The van der Waals surface area contributed by atoms with Gasteiger partial charge in [-0.25, -0.2) is 0 Å². The van der Waals surface area contributed by atoms with Gasteiger partial charge in [0.1, 0.15) is 24.4 Å². The summed E-state index contributed by atoms with van der Waals surface area (Å²) in [7, 11) is 1.60. The number of hydrogen-bond acceptors (Lipinski definition) is 9. The molecular weight excluding hydrogens is 412 g/mol. The van der Waals surface area contributed by atoms with Gasteiger partial charge in [-0.3, -0.25) is 9.59 Å². The zero-order chi connectivity index (χ0) is 23.0. The van der Waals surface area contributed by atoms with E-state index in [0.717, 1.165) is 0 Å². The van der Waals surface area contributed by atoms with Crippen molar-refractivity contribution in [3.8, 4) is 0 Å². The van der Waals surface area contributed by atoms with Crippen molar-refractivity contribution in [1.82, 2.24) is 10.2 Å². The lowest BCUT2D eigenvalue weighted by molar-refractivity contribution is -0.270. The SMILES string of the molecule is CO[C@@H]1C[C@@H](CO)N(C(=O)CCCCCO[C@@H]2OC(CO)[C@H](O)C(O)C2NC(C)=O)C1. The Hall–Kier alpha value is -1.34. The number of likely N-dealkylation sites (tertiary alicyclic amines) is 1. The molecule has 0 spiro atoms. The maximum absolute atomic E-state index is 12.4. The monoisotopic (exact) mass is 448 g/mol.